The van der Waals surface area contributed by atoms with Crippen LogP contribution in [0.2, 0.25) is 0 Å². The number of rotatable bonds is 3. The molecule has 0 radical (unpaired) electrons. The van der Waals surface area contributed by atoms with Crippen LogP contribution in [-0.4, -0.2) is 15.9 Å². The van der Waals surface area contributed by atoms with Gasteiger partial charge in [0.15, 0.2) is 0 Å². The Hall–Kier alpha value is -0.900. The van der Waals surface area contributed by atoms with Gasteiger partial charge in [0.2, 0.25) is 5.95 Å². The van der Waals surface area contributed by atoms with E-state index in [2.05, 4.69) is 30.2 Å². The lowest BCUT2D eigenvalue weighted by atomic mass is 10.1. The monoisotopic (exact) mass is 254 g/mol. The summed E-state index contributed by atoms with van der Waals surface area (Å²) in [6.07, 6.45) is 1.60. The van der Waals surface area contributed by atoms with Gasteiger partial charge >= 0.3 is 0 Å². The Kier molecular flexibility index (Phi) is 4.69. The minimum absolute atomic E-state index is 0.0624. The van der Waals surface area contributed by atoms with Gasteiger partial charge in [-0.1, -0.05) is 19.9 Å². The van der Waals surface area contributed by atoms with E-state index in [4.69, 9.17) is 0 Å². The Bertz CT molecular complexity index is 408. The molecule has 1 rings (SSSR count). The van der Waals surface area contributed by atoms with Crippen LogP contribution in [-0.2, 0) is 0 Å². The van der Waals surface area contributed by atoms with Crippen molar-refractivity contribution in [3.8, 4) is 0 Å². The van der Waals surface area contributed by atoms with E-state index < -0.39 is 5.95 Å². The molecule has 0 amide bonds. The van der Waals surface area contributed by atoms with E-state index in [0.717, 1.165) is 0 Å². The molecule has 0 N–H and O–H groups in total. The average Bonchev–Trinajstić information content (AvgIpc) is 2.15. The van der Waals surface area contributed by atoms with Crippen LogP contribution in [0.1, 0.15) is 51.8 Å². The molecule has 0 saturated heterocycles. The van der Waals surface area contributed by atoms with Crippen LogP contribution in [0.25, 0.3) is 0 Å². The Morgan fingerprint density at radius 1 is 1.35 bits per heavy atom. The zero-order chi connectivity index (χ0) is 13.1. The van der Waals surface area contributed by atoms with Crippen LogP contribution in [0.4, 0.5) is 4.39 Å². The van der Waals surface area contributed by atoms with Crippen molar-refractivity contribution in [1.82, 2.24) is 4.98 Å². The molecule has 0 aliphatic rings. The number of hydrogen-bond acceptors (Lipinski definition) is 3. The van der Waals surface area contributed by atoms with Crippen LogP contribution in [0, 0.1) is 5.95 Å². The third kappa shape index (κ3) is 4.86. The summed E-state index contributed by atoms with van der Waals surface area (Å²) >= 11 is 1.45. The van der Waals surface area contributed by atoms with Gasteiger partial charge in [0.25, 0.3) is 0 Å². The fourth-order valence-electron chi connectivity index (χ4n) is 1.20. The van der Waals surface area contributed by atoms with E-state index in [1.165, 1.54) is 11.9 Å². The van der Waals surface area contributed by atoms with Crippen LogP contribution >= 0.6 is 11.9 Å². The quantitative estimate of drug-likeness (QED) is 0.458. The lowest BCUT2D eigenvalue weighted by Gasteiger charge is -2.12. The molecule has 94 valence electrons. The first kappa shape index (κ1) is 14.2. The third-order valence-corrected chi connectivity index (χ3v) is 2.79. The highest BCUT2D eigenvalue weighted by Gasteiger charge is 2.10. The van der Waals surface area contributed by atoms with Gasteiger partial charge in [-0.05, 0) is 44.7 Å². The van der Waals surface area contributed by atoms with Crippen molar-refractivity contribution in [2.75, 3.05) is 0 Å². The van der Waals surface area contributed by atoms with Crippen molar-refractivity contribution in [1.29, 1.82) is 0 Å². The fourth-order valence-corrected chi connectivity index (χ4v) is 1.68. The van der Waals surface area contributed by atoms with Gasteiger partial charge in [-0.25, -0.2) is 9.38 Å². The maximum absolute atomic E-state index is 13.6. The summed E-state index contributed by atoms with van der Waals surface area (Å²) in [5.41, 5.74) is 1.20. The van der Waals surface area contributed by atoms with Crippen molar-refractivity contribution in [3.63, 3.8) is 0 Å². The third-order valence-electron chi connectivity index (χ3n) is 2.03. The second-order valence-corrected chi connectivity index (χ2v) is 6.83. The fraction of sp³-hybridized carbons (Fsp3) is 0.538. The molecule has 17 heavy (non-hydrogen) atoms. The van der Waals surface area contributed by atoms with Crippen LogP contribution in [0.5, 0.6) is 0 Å². The molecule has 0 atom stereocenters. The van der Waals surface area contributed by atoms with Crippen molar-refractivity contribution in [2.24, 2.45) is 4.40 Å². The zero-order valence-electron chi connectivity index (χ0n) is 11.0. The molecule has 0 saturated carbocycles. The molecule has 0 fully saturated rings. The summed E-state index contributed by atoms with van der Waals surface area (Å²) in [5, 5.41) is 0. The second kappa shape index (κ2) is 5.63. The summed E-state index contributed by atoms with van der Waals surface area (Å²) < 4.78 is 17.8. The predicted octanol–water partition coefficient (Wildman–Crippen LogP) is 4.21. The van der Waals surface area contributed by atoms with E-state index in [-0.39, 0.29) is 10.7 Å². The van der Waals surface area contributed by atoms with Gasteiger partial charge in [0.1, 0.15) is 0 Å². The Labute approximate surface area is 107 Å². The lowest BCUT2D eigenvalue weighted by molar-refractivity contribution is 0.556. The highest BCUT2D eigenvalue weighted by Crippen LogP contribution is 2.24. The maximum Gasteiger partial charge on any atom is 0.216 e. The van der Waals surface area contributed by atoms with Gasteiger partial charge in [-0.2, -0.15) is 4.39 Å². The molecular formula is C13H19FN2S. The van der Waals surface area contributed by atoms with Crippen LogP contribution < -0.4 is 0 Å². The summed E-state index contributed by atoms with van der Waals surface area (Å²) in [6, 6.07) is 3.57. The summed E-state index contributed by atoms with van der Waals surface area (Å²) in [4.78, 5) is 3.88. The SMILES string of the molecule is CC(C)c1ccc(/C=N/SC(C)(C)C)nc1F. The van der Waals surface area contributed by atoms with Gasteiger partial charge in [-0.15, -0.1) is 0 Å². The molecule has 1 aromatic heterocycles. The minimum Gasteiger partial charge on any atom is -0.222 e. The molecule has 0 unspecified atom stereocenters. The Morgan fingerprint density at radius 3 is 2.47 bits per heavy atom. The first-order chi connectivity index (χ1) is 7.79. The molecule has 2 nitrogen and oxygen atoms in total. The zero-order valence-corrected chi connectivity index (χ0v) is 11.8. The first-order valence-corrected chi connectivity index (χ1v) is 6.45. The Morgan fingerprint density at radius 2 is 2.00 bits per heavy atom. The highest BCUT2D eigenvalue weighted by atomic mass is 32.2. The topological polar surface area (TPSA) is 25.2 Å². The largest absolute Gasteiger partial charge is 0.222 e. The molecule has 4 heteroatoms. The first-order valence-electron chi connectivity index (χ1n) is 5.67. The molecule has 1 aromatic rings. The lowest BCUT2D eigenvalue weighted by Crippen LogP contribution is -2.05. The Balaban J connectivity index is 2.78. The number of hydrogen-bond donors (Lipinski definition) is 0. The van der Waals surface area contributed by atoms with Crippen molar-refractivity contribution in [2.45, 2.75) is 45.3 Å². The number of pyridine rings is 1. The number of aromatic nitrogens is 1. The number of nitrogens with zero attached hydrogens (tertiary/aromatic N) is 2. The summed E-state index contributed by atoms with van der Waals surface area (Å²) in [7, 11) is 0. The maximum atomic E-state index is 13.6. The molecule has 0 aliphatic heterocycles. The van der Waals surface area contributed by atoms with Crippen molar-refractivity contribution in [3.05, 3.63) is 29.3 Å². The predicted molar refractivity (Wildman–Crippen MR) is 73.2 cm³/mol. The van der Waals surface area contributed by atoms with Gasteiger partial charge in [-0.3, -0.25) is 0 Å². The standard InChI is InChI=1S/C13H19FN2S/c1-9(2)11-7-6-10(16-12(11)14)8-15-17-13(3,4)5/h6-9H,1-5H3/b15-8+. The van der Waals surface area contributed by atoms with Gasteiger partial charge in [0.05, 0.1) is 11.9 Å². The highest BCUT2D eigenvalue weighted by molar-refractivity contribution is 7.99. The molecule has 0 spiro atoms. The van der Waals surface area contributed by atoms with E-state index in [0.29, 0.717) is 11.3 Å². The summed E-state index contributed by atoms with van der Waals surface area (Å²) in [5.74, 6) is -0.248. The van der Waals surface area contributed by atoms with E-state index in [1.807, 2.05) is 13.8 Å². The number of halogens is 1. The van der Waals surface area contributed by atoms with Crippen molar-refractivity contribution < 1.29 is 4.39 Å². The molecule has 0 bridgehead atoms. The van der Waals surface area contributed by atoms with Crippen LogP contribution in [0.3, 0.4) is 0 Å². The van der Waals surface area contributed by atoms with E-state index >= 15 is 0 Å². The van der Waals surface area contributed by atoms with Gasteiger partial charge < -0.3 is 0 Å². The molecule has 0 aliphatic carbocycles. The second-order valence-electron chi connectivity index (χ2n) is 5.21. The average molecular weight is 254 g/mol. The molecule has 0 aromatic carbocycles. The van der Waals surface area contributed by atoms with Crippen LogP contribution in [0.15, 0.2) is 16.5 Å². The summed E-state index contributed by atoms with van der Waals surface area (Å²) in [6.45, 7) is 10.1. The van der Waals surface area contributed by atoms with E-state index in [9.17, 15) is 4.39 Å². The smallest absolute Gasteiger partial charge is 0.216 e. The minimum atomic E-state index is -0.398. The van der Waals surface area contributed by atoms with Gasteiger partial charge in [0, 0.05) is 10.3 Å². The van der Waals surface area contributed by atoms with E-state index in [1.54, 1.807) is 18.3 Å². The molecular weight excluding hydrogens is 235 g/mol. The molecule has 1 heterocycles. The normalized spacial score (nSPS) is 12.6. The van der Waals surface area contributed by atoms with Crippen molar-refractivity contribution >= 4 is 18.2 Å².